The monoisotopic (exact) mass is 283 g/mol. The second kappa shape index (κ2) is 6.87. The largest absolute Gasteiger partial charge is 0.377 e. The van der Waals surface area contributed by atoms with E-state index in [2.05, 4.69) is 17.1 Å². The first kappa shape index (κ1) is 15.7. The molecule has 1 saturated heterocycles. The smallest absolute Gasteiger partial charge is 0.237 e. The minimum Gasteiger partial charge on any atom is -0.377 e. The number of rotatable bonds is 7. The summed E-state index contributed by atoms with van der Waals surface area (Å²) in [7, 11) is 0. The van der Waals surface area contributed by atoms with Crippen molar-refractivity contribution in [2.75, 3.05) is 26.2 Å². The molecule has 1 amide bonds. The Balaban J connectivity index is 1.75. The molecule has 3 N–H and O–H groups in total. The molecule has 5 heteroatoms. The number of nitrogens with one attached hydrogen (secondary N) is 1. The predicted molar refractivity (Wildman–Crippen MR) is 79.5 cm³/mol. The molecule has 2 unspecified atom stereocenters. The molecule has 2 fully saturated rings. The van der Waals surface area contributed by atoms with Gasteiger partial charge in [0.2, 0.25) is 5.91 Å². The average molecular weight is 283 g/mol. The molecule has 0 aromatic rings. The lowest BCUT2D eigenvalue weighted by Crippen LogP contribution is -2.54. The molecule has 2 atom stereocenters. The molecule has 20 heavy (non-hydrogen) atoms. The summed E-state index contributed by atoms with van der Waals surface area (Å²) < 4.78 is 5.65. The summed E-state index contributed by atoms with van der Waals surface area (Å²) in [5.74, 6) is -0.225. The summed E-state index contributed by atoms with van der Waals surface area (Å²) in [6, 6.07) is 0.499. The number of hydrogen-bond acceptors (Lipinski definition) is 4. The van der Waals surface area contributed by atoms with E-state index in [1.165, 1.54) is 12.8 Å². The van der Waals surface area contributed by atoms with Gasteiger partial charge in [-0.05, 0) is 52.5 Å². The van der Waals surface area contributed by atoms with Crippen molar-refractivity contribution in [2.24, 2.45) is 5.73 Å². The van der Waals surface area contributed by atoms with Crippen molar-refractivity contribution in [3.8, 4) is 0 Å². The fraction of sp³-hybridized carbons (Fsp3) is 0.933. The van der Waals surface area contributed by atoms with Crippen LogP contribution in [0.25, 0.3) is 0 Å². The standard InChI is InChI=1S/C15H29N3O2/c1-12-11-18(9-4-10-20-12)8-3-7-15(2,14(16)19)17-13-5-6-13/h12-13,17H,3-11H2,1-2H3,(H2,16,19). The Labute approximate surface area is 122 Å². The lowest BCUT2D eigenvalue weighted by molar-refractivity contribution is -0.124. The number of carbonyl (C=O) groups excluding carboxylic acids is 1. The van der Waals surface area contributed by atoms with Crippen LogP contribution < -0.4 is 11.1 Å². The molecule has 0 bridgehead atoms. The first-order valence-electron chi connectivity index (χ1n) is 7.91. The van der Waals surface area contributed by atoms with E-state index in [0.717, 1.165) is 45.5 Å². The number of ether oxygens (including phenoxy) is 1. The van der Waals surface area contributed by atoms with E-state index in [0.29, 0.717) is 12.1 Å². The number of nitrogens with zero attached hydrogens (tertiary/aromatic N) is 1. The van der Waals surface area contributed by atoms with Gasteiger partial charge in [0.1, 0.15) is 0 Å². The predicted octanol–water partition coefficient (Wildman–Crippen LogP) is 0.873. The van der Waals surface area contributed by atoms with E-state index in [9.17, 15) is 4.79 Å². The molecule has 2 rings (SSSR count). The number of hydrogen-bond donors (Lipinski definition) is 2. The van der Waals surface area contributed by atoms with Crippen LogP contribution in [-0.4, -0.2) is 54.7 Å². The quantitative estimate of drug-likeness (QED) is 0.727. The van der Waals surface area contributed by atoms with E-state index in [-0.39, 0.29) is 5.91 Å². The van der Waals surface area contributed by atoms with Crippen LogP contribution in [0.1, 0.15) is 46.0 Å². The maximum Gasteiger partial charge on any atom is 0.237 e. The average Bonchev–Trinajstić information content (AvgIpc) is 3.18. The van der Waals surface area contributed by atoms with E-state index < -0.39 is 5.54 Å². The van der Waals surface area contributed by atoms with Crippen LogP contribution in [0.3, 0.4) is 0 Å². The van der Waals surface area contributed by atoms with Gasteiger partial charge in [-0.25, -0.2) is 0 Å². The molecule has 5 nitrogen and oxygen atoms in total. The molecule has 0 aromatic carbocycles. The minimum absolute atomic E-state index is 0.225. The van der Waals surface area contributed by atoms with Gasteiger partial charge in [0.05, 0.1) is 11.6 Å². The normalized spacial score (nSPS) is 27.8. The first-order valence-corrected chi connectivity index (χ1v) is 7.91. The molecule has 116 valence electrons. The maximum atomic E-state index is 11.7. The summed E-state index contributed by atoms with van der Waals surface area (Å²) in [6.07, 6.45) is 5.55. The van der Waals surface area contributed by atoms with Crippen molar-refractivity contribution >= 4 is 5.91 Å². The first-order chi connectivity index (χ1) is 9.49. The van der Waals surface area contributed by atoms with Crippen LogP contribution in [-0.2, 0) is 9.53 Å². The minimum atomic E-state index is -0.546. The van der Waals surface area contributed by atoms with Gasteiger partial charge in [-0.15, -0.1) is 0 Å². The molecule has 1 aliphatic carbocycles. The van der Waals surface area contributed by atoms with Crippen LogP contribution in [0.5, 0.6) is 0 Å². The molecule has 0 aromatic heterocycles. The van der Waals surface area contributed by atoms with Gasteiger partial charge in [0, 0.05) is 25.7 Å². The topological polar surface area (TPSA) is 67.6 Å². The molecule has 1 aliphatic heterocycles. The van der Waals surface area contributed by atoms with Crippen molar-refractivity contribution < 1.29 is 9.53 Å². The Morgan fingerprint density at radius 2 is 2.25 bits per heavy atom. The third kappa shape index (κ3) is 4.72. The number of carbonyl (C=O) groups is 1. The zero-order chi connectivity index (χ0) is 14.6. The lowest BCUT2D eigenvalue weighted by atomic mass is 9.94. The van der Waals surface area contributed by atoms with Crippen molar-refractivity contribution in [1.29, 1.82) is 0 Å². The molecule has 0 radical (unpaired) electrons. The fourth-order valence-electron chi connectivity index (χ4n) is 2.88. The van der Waals surface area contributed by atoms with Gasteiger partial charge >= 0.3 is 0 Å². The SMILES string of the molecule is CC1CN(CCCC(C)(NC2CC2)C(N)=O)CCCO1. The van der Waals surface area contributed by atoms with Gasteiger partial charge in [0.15, 0.2) is 0 Å². The highest BCUT2D eigenvalue weighted by Gasteiger charge is 2.36. The van der Waals surface area contributed by atoms with E-state index in [1.54, 1.807) is 0 Å². The summed E-state index contributed by atoms with van der Waals surface area (Å²) in [5, 5.41) is 3.41. The van der Waals surface area contributed by atoms with Gasteiger partial charge in [-0.2, -0.15) is 0 Å². The molecular weight excluding hydrogens is 254 g/mol. The Morgan fingerprint density at radius 3 is 2.90 bits per heavy atom. The van der Waals surface area contributed by atoms with E-state index in [4.69, 9.17) is 10.5 Å². The van der Waals surface area contributed by atoms with Crippen molar-refractivity contribution in [3.05, 3.63) is 0 Å². The molecular formula is C15H29N3O2. The molecule has 1 heterocycles. The van der Waals surface area contributed by atoms with Crippen molar-refractivity contribution in [1.82, 2.24) is 10.2 Å². The highest BCUT2D eigenvalue weighted by atomic mass is 16.5. The highest BCUT2D eigenvalue weighted by molar-refractivity contribution is 5.84. The van der Waals surface area contributed by atoms with Crippen LogP contribution >= 0.6 is 0 Å². The number of primary amides is 1. The second-order valence-corrected chi connectivity index (χ2v) is 6.55. The summed E-state index contributed by atoms with van der Waals surface area (Å²) >= 11 is 0. The molecule has 0 spiro atoms. The molecule has 2 aliphatic rings. The third-order valence-corrected chi connectivity index (χ3v) is 4.33. The van der Waals surface area contributed by atoms with Gasteiger partial charge in [-0.3, -0.25) is 4.79 Å². The zero-order valence-electron chi connectivity index (χ0n) is 12.9. The highest BCUT2D eigenvalue weighted by Crippen LogP contribution is 2.24. The maximum absolute atomic E-state index is 11.7. The molecule has 1 saturated carbocycles. The van der Waals surface area contributed by atoms with Gasteiger partial charge in [-0.1, -0.05) is 0 Å². The Bertz CT molecular complexity index is 333. The van der Waals surface area contributed by atoms with Crippen LogP contribution in [0.4, 0.5) is 0 Å². The third-order valence-electron chi connectivity index (χ3n) is 4.33. The number of amides is 1. The van der Waals surface area contributed by atoms with E-state index in [1.807, 2.05) is 6.92 Å². The van der Waals surface area contributed by atoms with Gasteiger partial charge in [0.25, 0.3) is 0 Å². The Morgan fingerprint density at radius 1 is 1.50 bits per heavy atom. The summed E-state index contributed by atoms with van der Waals surface area (Å²) in [4.78, 5) is 14.1. The number of nitrogens with two attached hydrogens (primary N) is 1. The fourth-order valence-corrected chi connectivity index (χ4v) is 2.88. The Hall–Kier alpha value is -0.650. The van der Waals surface area contributed by atoms with E-state index >= 15 is 0 Å². The van der Waals surface area contributed by atoms with Crippen molar-refractivity contribution in [3.63, 3.8) is 0 Å². The van der Waals surface area contributed by atoms with Gasteiger partial charge < -0.3 is 20.7 Å². The lowest BCUT2D eigenvalue weighted by Gasteiger charge is -2.29. The van der Waals surface area contributed by atoms with Crippen LogP contribution in [0.2, 0.25) is 0 Å². The summed E-state index contributed by atoms with van der Waals surface area (Å²) in [6.45, 7) is 8.03. The second-order valence-electron chi connectivity index (χ2n) is 6.55. The van der Waals surface area contributed by atoms with Crippen LogP contribution in [0, 0.1) is 0 Å². The zero-order valence-corrected chi connectivity index (χ0v) is 12.9. The van der Waals surface area contributed by atoms with Crippen LogP contribution in [0.15, 0.2) is 0 Å². The van der Waals surface area contributed by atoms with Crippen molar-refractivity contribution in [2.45, 2.75) is 63.6 Å². The summed E-state index contributed by atoms with van der Waals surface area (Å²) in [5.41, 5.74) is 5.03. The Kier molecular flexibility index (Phi) is 5.41.